The molecule has 1 aromatic heterocycles. The van der Waals surface area contributed by atoms with Gasteiger partial charge in [-0.2, -0.15) is 0 Å². The lowest BCUT2D eigenvalue weighted by atomic mass is 10.1. The maximum absolute atomic E-state index is 13.0. The van der Waals surface area contributed by atoms with E-state index in [9.17, 15) is 13.2 Å². The van der Waals surface area contributed by atoms with Gasteiger partial charge in [-0.1, -0.05) is 45.4 Å². The number of rotatable bonds is 10. The largest absolute Gasteiger partial charge is 0.339 e. The molecule has 1 heterocycles. The highest BCUT2D eigenvalue weighted by atomic mass is 32.2. The van der Waals surface area contributed by atoms with Gasteiger partial charge < -0.3 is 4.90 Å². The van der Waals surface area contributed by atoms with Crippen molar-refractivity contribution in [1.82, 2.24) is 9.88 Å². The smallest absolute Gasteiger partial charge is 0.263 e. The highest BCUT2D eigenvalue weighted by Crippen LogP contribution is 2.17. The number of nitrogens with zero attached hydrogens (tertiary/aromatic N) is 2. The van der Waals surface area contributed by atoms with Crippen molar-refractivity contribution in [3.8, 4) is 0 Å². The number of anilines is 1. The molecule has 0 bridgehead atoms. The molecule has 0 saturated carbocycles. The van der Waals surface area contributed by atoms with Gasteiger partial charge in [-0.3, -0.25) is 9.52 Å². The van der Waals surface area contributed by atoms with E-state index in [2.05, 4.69) is 37.4 Å². The van der Waals surface area contributed by atoms with Gasteiger partial charge in [-0.15, -0.1) is 0 Å². The number of aryl methyl sites for hydroxylation is 1. The zero-order valence-corrected chi connectivity index (χ0v) is 19.4. The molecule has 0 saturated heterocycles. The van der Waals surface area contributed by atoms with Gasteiger partial charge in [0.2, 0.25) is 0 Å². The summed E-state index contributed by atoms with van der Waals surface area (Å²) in [7, 11) is -3.72. The summed E-state index contributed by atoms with van der Waals surface area (Å²) in [5.74, 6) is 1.13. The van der Waals surface area contributed by atoms with Crippen LogP contribution < -0.4 is 4.72 Å². The topological polar surface area (TPSA) is 79.4 Å². The lowest BCUT2D eigenvalue weighted by Crippen LogP contribution is -2.34. The van der Waals surface area contributed by atoms with Crippen LogP contribution in [0.4, 0.5) is 5.82 Å². The Morgan fingerprint density at radius 2 is 1.53 bits per heavy atom. The Bertz CT molecular complexity index is 909. The van der Waals surface area contributed by atoms with Gasteiger partial charge in [0.1, 0.15) is 5.82 Å². The van der Waals surface area contributed by atoms with Crippen molar-refractivity contribution >= 4 is 21.7 Å². The van der Waals surface area contributed by atoms with E-state index in [0.29, 0.717) is 30.5 Å². The third-order valence-corrected chi connectivity index (χ3v) is 6.19. The van der Waals surface area contributed by atoms with Crippen molar-refractivity contribution in [3.05, 3.63) is 53.7 Å². The summed E-state index contributed by atoms with van der Waals surface area (Å²) in [4.78, 5) is 19.2. The quantitative estimate of drug-likeness (QED) is 0.590. The van der Waals surface area contributed by atoms with E-state index in [4.69, 9.17) is 0 Å². The predicted octanol–water partition coefficient (Wildman–Crippen LogP) is 4.73. The number of pyridine rings is 1. The van der Waals surface area contributed by atoms with Crippen LogP contribution in [0.2, 0.25) is 0 Å². The Morgan fingerprint density at radius 3 is 2.00 bits per heavy atom. The first-order chi connectivity index (χ1) is 14.1. The van der Waals surface area contributed by atoms with Crippen molar-refractivity contribution in [3.63, 3.8) is 0 Å². The number of aromatic nitrogens is 1. The highest BCUT2D eigenvalue weighted by molar-refractivity contribution is 7.92. The van der Waals surface area contributed by atoms with Crippen molar-refractivity contribution in [1.29, 1.82) is 0 Å². The van der Waals surface area contributed by atoms with Crippen LogP contribution in [0, 0.1) is 18.8 Å². The van der Waals surface area contributed by atoms with Crippen LogP contribution in [0.1, 0.15) is 56.5 Å². The van der Waals surface area contributed by atoms with Crippen LogP contribution in [0.15, 0.2) is 47.5 Å². The zero-order chi connectivity index (χ0) is 22.3. The number of benzene rings is 1. The summed E-state index contributed by atoms with van der Waals surface area (Å²) in [6.07, 6.45) is 3.31. The molecular weight excluding hydrogens is 398 g/mol. The van der Waals surface area contributed by atoms with E-state index in [1.54, 1.807) is 30.3 Å². The zero-order valence-electron chi connectivity index (χ0n) is 18.6. The molecule has 0 aliphatic heterocycles. The van der Waals surface area contributed by atoms with Crippen LogP contribution in [0.5, 0.6) is 0 Å². The number of sulfonamides is 1. The summed E-state index contributed by atoms with van der Waals surface area (Å²) in [6.45, 7) is 11.9. The molecule has 0 aliphatic rings. The highest BCUT2D eigenvalue weighted by Gasteiger charge is 2.18. The van der Waals surface area contributed by atoms with Crippen molar-refractivity contribution in [2.24, 2.45) is 11.8 Å². The Morgan fingerprint density at radius 1 is 0.967 bits per heavy atom. The second-order valence-electron chi connectivity index (χ2n) is 8.51. The lowest BCUT2D eigenvalue weighted by Gasteiger charge is -2.24. The predicted molar refractivity (Wildman–Crippen MR) is 121 cm³/mol. The third kappa shape index (κ3) is 7.13. The lowest BCUT2D eigenvalue weighted by molar-refractivity contribution is 0.0740. The molecule has 7 heteroatoms. The number of nitrogens with one attached hydrogen (secondary N) is 1. The molecule has 1 N–H and O–H groups in total. The maximum Gasteiger partial charge on any atom is 0.263 e. The van der Waals surface area contributed by atoms with E-state index >= 15 is 0 Å². The van der Waals surface area contributed by atoms with Gasteiger partial charge in [-0.25, -0.2) is 13.4 Å². The van der Waals surface area contributed by atoms with Gasteiger partial charge in [-0.05, 0) is 55.9 Å². The molecule has 1 aromatic carbocycles. The van der Waals surface area contributed by atoms with Gasteiger partial charge in [0.05, 0.1) is 10.5 Å². The van der Waals surface area contributed by atoms with E-state index in [1.807, 2.05) is 11.8 Å². The van der Waals surface area contributed by atoms with Crippen molar-refractivity contribution < 1.29 is 13.2 Å². The molecule has 2 rings (SSSR count). The molecular formula is C23H33N3O3S. The molecule has 30 heavy (non-hydrogen) atoms. The number of hydrogen-bond donors (Lipinski definition) is 1. The Balaban J connectivity index is 2.11. The maximum atomic E-state index is 13.0. The molecule has 2 aromatic rings. The molecule has 0 fully saturated rings. The Labute approximate surface area is 180 Å². The van der Waals surface area contributed by atoms with Crippen molar-refractivity contribution in [2.75, 3.05) is 17.8 Å². The number of amides is 1. The van der Waals surface area contributed by atoms with Crippen LogP contribution in [-0.2, 0) is 10.0 Å². The molecule has 6 nitrogen and oxygen atoms in total. The van der Waals surface area contributed by atoms with Crippen LogP contribution in [0.3, 0.4) is 0 Å². The molecule has 0 radical (unpaired) electrons. The minimum Gasteiger partial charge on any atom is -0.339 e. The number of carbonyl (C=O) groups is 1. The first-order valence-electron chi connectivity index (χ1n) is 10.4. The van der Waals surface area contributed by atoms with Crippen LogP contribution in [0.25, 0.3) is 0 Å². The first kappa shape index (κ1) is 23.9. The molecule has 0 unspecified atom stereocenters. The average molecular weight is 432 g/mol. The van der Waals surface area contributed by atoms with E-state index in [1.165, 1.54) is 12.3 Å². The standard InChI is InChI=1S/C23H33N3O3S/c1-17(2)12-14-26(15-13-18(3)4)23(27)20-8-11-22(24-16-20)25-30(28,29)21-9-6-19(5)7-10-21/h6-11,16-18H,12-15H2,1-5H3,(H,24,25). The normalized spacial score (nSPS) is 11.7. The third-order valence-electron chi connectivity index (χ3n) is 4.82. The fraction of sp³-hybridized carbons (Fsp3) is 0.478. The minimum absolute atomic E-state index is 0.0725. The average Bonchev–Trinajstić information content (AvgIpc) is 2.68. The fourth-order valence-corrected chi connectivity index (χ4v) is 3.83. The molecule has 0 aliphatic carbocycles. The first-order valence-corrected chi connectivity index (χ1v) is 11.9. The monoisotopic (exact) mass is 431 g/mol. The Kier molecular flexibility index (Phi) is 8.41. The number of hydrogen-bond acceptors (Lipinski definition) is 4. The summed E-state index contributed by atoms with van der Waals surface area (Å²) in [6, 6.07) is 9.75. The number of carbonyl (C=O) groups excluding carboxylic acids is 1. The van der Waals surface area contributed by atoms with Gasteiger partial charge in [0, 0.05) is 19.3 Å². The van der Waals surface area contributed by atoms with Crippen LogP contribution >= 0.6 is 0 Å². The van der Waals surface area contributed by atoms with E-state index < -0.39 is 10.0 Å². The van der Waals surface area contributed by atoms with E-state index in [-0.39, 0.29) is 16.6 Å². The summed E-state index contributed by atoms with van der Waals surface area (Å²) in [5.41, 5.74) is 1.44. The Hall–Kier alpha value is -2.41. The summed E-state index contributed by atoms with van der Waals surface area (Å²) < 4.78 is 27.5. The second-order valence-corrected chi connectivity index (χ2v) is 10.2. The van der Waals surface area contributed by atoms with E-state index in [0.717, 1.165) is 18.4 Å². The summed E-state index contributed by atoms with van der Waals surface area (Å²) >= 11 is 0. The second kappa shape index (κ2) is 10.6. The van der Waals surface area contributed by atoms with Gasteiger partial charge in [0.15, 0.2) is 0 Å². The molecule has 0 spiro atoms. The minimum atomic E-state index is -3.72. The molecule has 1 amide bonds. The van der Waals surface area contributed by atoms with Gasteiger partial charge >= 0.3 is 0 Å². The SMILES string of the molecule is Cc1ccc(S(=O)(=O)Nc2ccc(C(=O)N(CCC(C)C)CCC(C)C)cn2)cc1. The van der Waals surface area contributed by atoms with Crippen molar-refractivity contribution in [2.45, 2.75) is 52.4 Å². The van der Waals surface area contributed by atoms with Gasteiger partial charge in [0.25, 0.3) is 15.9 Å². The fourth-order valence-electron chi connectivity index (χ4n) is 2.82. The summed E-state index contributed by atoms with van der Waals surface area (Å²) in [5, 5.41) is 0. The van der Waals surface area contributed by atoms with Crippen LogP contribution in [-0.4, -0.2) is 37.3 Å². The molecule has 164 valence electrons. The molecule has 0 atom stereocenters.